The fraction of sp³-hybridized carbons (Fsp3) is 0.455. The molecule has 2 rings (SSSR count). The van der Waals surface area contributed by atoms with Gasteiger partial charge in [0.05, 0.1) is 0 Å². The second-order valence-corrected chi connectivity index (χ2v) is 4.19. The van der Waals surface area contributed by atoms with Gasteiger partial charge in [-0.25, -0.2) is 0 Å². The van der Waals surface area contributed by atoms with Gasteiger partial charge in [0.15, 0.2) is 0 Å². The van der Waals surface area contributed by atoms with Crippen LogP contribution in [0.1, 0.15) is 24.1 Å². The van der Waals surface area contributed by atoms with Gasteiger partial charge in [0, 0.05) is 17.6 Å². The molecular formula is C11H14ClN. The van der Waals surface area contributed by atoms with Crippen molar-refractivity contribution in [2.24, 2.45) is 0 Å². The Morgan fingerprint density at radius 3 is 3.00 bits per heavy atom. The zero-order valence-corrected chi connectivity index (χ0v) is 8.80. The Kier molecular flexibility index (Phi) is 2.31. The third-order valence-corrected chi connectivity index (χ3v) is 3.19. The number of fused-ring (bicyclic) bond motifs is 1. The highest BCUT2D eigenvalue weighted by Crippen LogP contribution is 2.29. The van der Waals surface area contributed by atoms with Crippen molar-refractivity contribution in [1.29, 1.82) is 0 Å². The molecule has 1 heterocycles. The summed E-state index contributed by atoms with van der Waals surface area (Å²) >= 11 is 5.95. The molecule has 0 amide bonds. The van der Waals surface area contributed by atoms with E-state index in [9.17, 15) is 0 Å². The van der Waals surface area contributed by atoms with E-state index in [2.05, 4.69) is 31.0 Å². The van der Waals surface area contributed by atoms with Gasteiger partial charge in [-0.05, 0) is 43.7 Å². The molecule has 0 bridgehead atoms. The lowest BCUT2D eigenvalue weighted by atomic mass is 9.94. The topological polar surface area (TPSA) is 3.24 Å². The Morgan fingerprint density at radius 2 is 2.23 bits per heavy atom. The summed E-state index contributed by atoms with van der Waals surface area (Å²) in [5, 5.41) is 0.857. The highest BCUT2D eigenvalue weighted by Gasteiger charge is 2.20. The Morgan fingerprint density at radius 1 is 1.46 bits per heavy atom. The Bertz CT molecular complexity index is 322. The van der Waals surface area contributed by atoms with E-state index in [1.807, 2.05) is 6.07 Å². The predicted molar refractivity (Wildman–Crippen MR) is 56.2 cm³/mol. The monoisotopic (exact) mass is 195 g/mol. The Hall–Kier alpha value is -0.530. The SMILES string of the molecule is CC1c2ccc(Cl)cc2CCN1C. The molecule has 0 N–H and O–H groups in total. The van der Waals surface area contributed by atoms with Crippen LogP contribution in [0.15, 0.2) is 18.2 Å². The number of rotatable bonds is 0. The summed E-state index contributed by atoms with van der Waals surface area (Å²) in [6.07, 6.45) is 1.12. The third-order valence-electron chi connectivity index (χ3n) is 2.95. The lowest BCUT2D eigenvalue weighted by molar-refractivity contribution is 0.247. The summed E-state index contributed by atoms with van der Waals surface area (Å²) < 4.78 is 0. The molecule has 0 aliphatic carbocycles. The summed E-state index contributed by atoms with van der Waals surface area (Å²) in [6.45, 7) is 3.38. The second kappa shape index (κ2) is 3.32. The van der Waals surface area contributed by atoms with E-state index < -0.39 is 0 Å². The van der Waals surface area contributed by atoms with Crippen molar-refractivity contribution in [3.63, 3.8) is 0 Å². The van der Waals surface area contributed by atoms with Crippen LogP contribution in [0.3, 0.4) is 0 Å². The average Bonchev–Trinajstić information content (AvgIpc) is 2.12. The van der Waals surface area contributed by atoms with Crippen LogP contribution in [-0.2, 0) is 6.42 Å². The van der Waals surface area contributed by atoms with E-state index in [1.165, 1.54) is 11.1 Å². The number of hydrogen-bond acceptors (Lipinski definition) is 1. The first-order valence-electron chi connectivity index (χ1n) is 4.67. The molecule has 0 radical (unpaired) electrons. The van der Waals surface area contributed by atoms with Crippen LogP contribution >= 0.6 is 11.6 Å². The molecule has 0 fully saturated rings. The van der Waals surface area contributed by atoms with E-state index in [4.69, 9.17) is 11.6 Å². The Balaban J connectivity index is 2.44. The van der Waals surface area contributed by atoms with Crippen molar-refractivity contribution in [2.75, 3.05) is 13.6 Å². The largest absolute Gasteiger partial charge is 0.299 e. The average molecular weight is 196 g/mol. The van der Waals surface area contributed by atoms with Crippen LogP contribution in [0.4, 0.5) is 0 Å². The van der Waals surface area contributed by atoms with Crippen LogP contribution in [0.2, 0.25) is 5.02 Å². The van der Waals surface area contributed by atoms with E-state index in [-0.39, 0.29) is 0 Å². The highest BCUT2D eigenvalue weighted by atomic mass is 35.5. The maximum Gasteiger partial charge on any atom is 0.0408 e. The normalized spacial score (nSPS) is 22.8. The highest BCUT2D eigenvalue weighted by molar-refractivity contribution is 6.30. The molecule has 1 aromatic carbocycles. The van der Waals surface area contributed by atoms with Gasteiger partial charge in [-0.15, -0.1) is 0 Å². The van der Waals surface area contributed by atoms with Crippen molar-refractivity contribution >= 4 is 11.6 Å². The smallest absolute Gasteiger partial charge is 0.0408 e. The standard InChI is InChI=1S/C11H14ClN/c1-8-11-4-3-10(12)7-9(11)5-6-13(8)2/h3-4,7-8H,5-6H2,1-2H3. The molecule has 2 heteroatoms. The molecule has 1 nitrogen and oxygen atoms in total. The van der Waals surface area contributed by atoms with Crippen molar-refractivity contribution < 1.29 is 0 Å². The Labute approximate surface area is 84.3 Å². The molecule has 1 aliphatic rings. The molecule has 0 aromatic heterocycles. The van der Waals surface area contributed by atoms with Crippen molar-refractivity contribution in [2.45, 2.75) is 19.4 Å². The minimum Gasteiger partial charge on any atom is -0.299 e. The zero-order valence-electron chi connectivity index (χ0n) is 8.05. The molecule has 13 heavy (non-hydrogen) atoms. The van der Waals surface area contributed by atoms with Gasteiger partial charge in [-0.1, -0.05) is 17.7 Å². The van der Waals surface area contributed by atoms with E-state index in [1.54, 1.807) is 0 Å². The van der Waals surface area contributed by atoms with Gasteiger partial charge >= 0.3 is 0 Å². The summed E-state index contributed by atoms with van der Waals surface area (Å²) in [5.41, 5.74) is 2.84. The molecule has 1 atom stereocenters. The fourth-order valence-electron chi connectivity index (χ4n) is 1.93. The van der Waals surface area contributed by atoms with Crippen LogP contribution in [-0.4, -0.2) is 18.5 Å². The van der Waals surface area contributed by atoms with Gasteiger partial charge in [0.2, 0.25) is 0 Å². The van der Waals surface area contributed by atoms with Crippen LogP contribution in [0.5, 0.6) is 0 Å². The summed E-state index contributed by atoms with van der Waals surface area (Å²) in [6, 6.07) is 6.76. The zero-order chi connectivity index (χ0) is 9.42. The number of nitrogens with zero attached hydrogens (tertiary/aromatic N) is 1. The van der Waals surface area contributed by atoms with Crippen LogP contribution in [0.25, 0.3) is 0 Å². The first-order valence-corrected chi connectivity index (χ1v) is 5.05. The van der Waals surface area contributed by atoms with Gasteiger partial charge in [0.25, 0.3) is 0 Å². The molecule has 1 unspecified atom stereocenters. The molecule has 70 valence electrons. The van der Waals surface area contributed by atoms with E-state index >= 15 is 0 Å². The minimum atomic E-state index is 0.529. The van der Waals surface area contributed by atoms with Crippen molar-refractivity contribution in [3.05, 3.63) is 34.3 Å². The first-order chi connectivity index (χ1) is 6.18. The molecule has 0 saturated heterocycles. The van der Waals surface area contributed by atoms with Crippen LogP contribution in [0, 0.1) is 0 Å². The summed E-state index contributed by atoms with van der Waals surface area (Å²) in [4.78, 5) is 2.37. The summed E-state index contributed by atoms with van der Waals surface area (Å²) in [5.74, 6) is 0. The fourth-order valence-corrected chi connectivity index (χ4v) is 2.12. The molecule has 0 spiro atoms. The number of likely N-dealkylation sites (N-methyl/N-ethyl adjacent to an activating group) is 1. The lowest BCUT2D eigenvalue weighted by Gasteiger charge is -2.32. The van der Waals surface area contributed by atoms with Gasteiger partial charge in [0.1, 0.15) is 0 Å². The lowest BCUT2D eigenvalue weighted by Crippen LogP contribution is -2.30. The van der Waals surface area contributed by atoms with Crippen molar-refractivity contribution in [1.82, 2.24) is 4.90 Å². The quantitative estimate of drug-likeness (QED) is 0.616. The second-order valence-electron chi connectivity index (χ2n) is 3.75. The number of halogens is 1. The molecule has 0 saturated carbocycles. The van der Waals surface area contributed by atoms with E-state index in [0.29, 0.717) is 6.04 Å². The maximum atomic E-state index is 5.95. The van der Waals surface area contributed by atoms with Gasteiger partial charge < -0.3 is 0 Å². The first kappa shape index (κ1) is 9.04. The third kappa shape index (κ3) is 1.59. The number of benzene rings is 1. The van der Waals surface area contributed by atoms with Gasteiger partial charge in [-0.3, -0.25) is 4.90 Å². The predicted octanol–water partition coefficient (Wildman–Crippen LogP) is 2.89. The van der Waals surface area contributed by atoms with E-state index in [0.717, 1.165) is 18.0 Å². The summed E-state index contributed by atoms with van der Waals surface area (Å²) in [7, 11) is 2.17. The van der Waals surface area contributed by atoms with Crippen molar-refractivity contribution in [3.8, 4) is 0 Å². The van der Waals surface area contributed by atoms with Crippen LogP contribution < -0.4 is 0 Å². The number of hydrogen-bond donors (Lipinski definition) is 0. The molecule has 1 aromatic rings. The minimum absolute atomic E-state index is 0.529. The van der Waals surface area contributed by atoms with Gasteiger partial charge in [-0.2, -0.15) is 0 Å². The molecule has 1 aliphatic heterocycles. The molecular weight excluding hydrogens is 182 g/mol. The maximum absolute atomic E-state index is 5.95.